The maximum Gasteiger partial charge on any atom is 0.257 e. The van der Waals surface area contributed by atoms with Gasteiger partial charge in [0, 0.05) is 63.1 Å². The van der Waals surface area contributed by atoms with Crippen LogP contribution < -0.4 is 10.9 Å². The molecule has 1 aromatic carbocycles. The van der Waals surface area contributed by atoms with Crippen LogP contribution in [0, 0.1) is 13.8 Å². The second-order valence-corrected chi connectivity index (χ2v) is 9.66. The zero-order valence-electron chi connectivity index (χ0n) is 20.1. The second kappa shape index (κ2) is 12.9. The van der Waals surface area contributed by atoms with Crippen LogP contribution in [0.4, 0.5) is 0 Å². The Kier molecular flexibility index (Phi) is 9.96. The number of hydrogen-bond donors (Lipinski definition) is 1. The Hall–Kier alpha value is -2.16. The van der Waals surface area contributed by atoms with Gasteiger partial charge in [-0.05, 0) is 32.3 Å². The molecule has 1 fully saturated rings. The van der Waals surface area contributed by atoms with E-state index in [9.17, 15) is 9.59 Å². The Balaban J connectivity index is 1.40. The highest BCUT2D eigenvalue weighted by Gasteiger charge is 2.13. The maximum atomic E-state index is 12.9. The molecule has 1 N–H and O–H groups in total. The Bertz CT molecular complexity index is 986. The van der Waals surface area contributed by atoms with E-state index in [1.807, 2.05) is 19.1 Å². The van der Waals surface area contributed by atoms with Crippen LogP contribution in [0.2, 0.25) is 0 Å². The van der Waals surface area contributed by atoms with Crippen molar-refractivity contribution in [2.75, 3.05) is 45.1 Å². The molecule has 3 rings (SSSR count). The number of aromatic nitrogens is 2. The Labute approximate surface area is 200 Å². The average molecular weight is 473 g/mol. The first-order valence-corrected chi connectivity index (χ1v) is 12.7. The fraction of sp³-hybridized carbons (Fsp3) is 0.560. The third kappa shape index (κ3) is 7.98. The molecular weight excluding hydrogens is 436 g/mol. The topological polar surface area (TPSA) is 76.5 Å². The summed E-state index contributed by atoms with van der Waals surface area (Å²) in [7, 11) is 1.79. The van der Waals surface area contributed by atoms with E-state index in [1.54, 1.807) is 23.4 Å². The van der Waals surface area contributed by atoms with Crippen molar-refractivity contribution in [2.45, 2.75) is 44.7 Å². The highest BCUT2D eigenvalue weighted by Crippen LogP contribution is 2.18. The highest BCUT2D eigenvalue weighted by molar-refractivity contribution is 7.99. The van der Waals surface area contributed by atoms with Crippen LogP contribution in [0.5, 0.6) is 0 Å². The van der Waals surface area contributed by atoms with Crippen LogP contribution in [0.1, 0.15) is 41.6 Å². The Morgan fingerprint density at radius 2 is 2.00 bits per heavy atom. The SMILES string of the molecule is Cc1cccc(Cc2c(C)nc(SCCCCC(=O)NCCN3CCOCC3)n(C)c2=O)c1. The molecule has 1 aliphatic heterocycles. The number of carbonyl (C=O) groups excluding carboxylic acids is 1. The number of thioether (sulfide) groups is 1. The van der Waals surface area contributed by atoms with Crippen molar-refractivity contribution in [3.63, 3.8) is 0 Å². The average Bonchev–Trinajstić information content (AvgIpc) is 2.80. The second-order valence-electron chi connectivity index (χ2n) is 8.60. The standard InChI is InChI=1S/C25H36N4O3S/c1-19-7-6-8-21(17-19)18-22-20(2)27-25(28(3)24(22)31)33-16-5-4-9-23(30)26-10-11-29-12-14-32-15-13-29/h6-8,17H,4-5,9-16,18H2,1-3H3,(H,26,30). The molecule has 0 spiro atoms. The molecule has 2 aromatic rings. The number of carbonyl (C=O) groups is 1. The summed E-state index contributed by atoms with van der Waals surface area (Å²) in [6, 6.07) is 8.24. The molecule has 0 atom stereocenters. The van der Waals surface area contributed by atoms with Crippen LogP contribution in [0.3, 0.4) is 0 Å². The van der Waals surface area contributed by atoms with Crippen LogP contribution in [-0.2, 0) is 23.0 Å². The number of morpholine rings is 1. The fourth-order valence-corrected chi connectivity index (χ4v) is 4.92. The number of nitrogens with one attached hydrogen (secondary N) is 1. The molecular formula is C25H36N4O3S. The largest absolute Gasteiger partial charge is 0.379 e. The number of nitrogens with zero attached hydrogens (tertiary/aromatic N) is 3. The number of hydrogen-bond acceptors (Lipinski definition) is 6. The molecule has 33 heavy (non-hydrogen) atoms. The molecule has 1 saturated heterocycles. The molecule has 1 amide bonds. The van der Waals surface area contributed by atoms with Crippen molar-refractivity contribution >= 4 is 17.7 Å². The monoisotopic (exact) mass is 472 g/mol. The highest BCUT2D eigenvalue weighted by atomic mass is 32.2. The van der Waals surface area contributed by atoms with Gasteiger partial charge < -0.3 is 10.1 Å². The van der Waals surface area contributed by atoms with E-state index in [2.05, 4.69) is 29.3 Å². The molecule has 2 heterocycles. The summed E-state index contributed by atoms with van der Waals surface area (Å²) in [6.45, 7) is 8.98. The van der Waals surface area contributed by atoms with Crippen LogP contribution in [0.15, 0.2) is 34.2 Å². The minimum atomic E-state index is 0.0196. The smallest absolute Gasteiger partial charge is 0.257 e. The van der Waals surface area contributed by atoms with E-state index in [1.165, 1.54) is 5.56 Å². The van der Waals surface area contributed by atoms with Crippen molar-refractivity contribution in [1.29, 1.82) is 0 Å². The predicted octanol–water partition coefficient (Wildman–Crippen LogP) is 2.70. The van der Waals surface area contributed by atoms with Gasteiger partial charge in [0.25, 0.3) is 5.56 Å². The van der Waals surface area contributed by atoms with E-state index in [0.29, 0.717) is 19.4 Å². The van der Waals surface area contributed by atoms with Gasteiger partial charge in [0.15, 0.2) is 5.16 Å². The summed E-state index contributed by atoms with van der Waals surface area (Å²) in [5, 5.41) is 3.74. The summed E-state index contributed by atoms with van der Waals surface area (Å²) < 4.78 is 6.99. The van der Waals surface area contributed by atoms with Crippen molar-refractivity contribution in [3.05, 3.63) is 57.0 Å². The van der Waals surface area contributed by atoms with Gasteiger partial charge in [-0.3, -0.25) is 19.1 Å². The first-order chi connectivity index (χ1) is 15.9. The van der Waals surface area contributed by atoms with Crippen molar-refractivity contribution in [3.8, 4) is 0 Å². The van der Waals surface area contributed by atoms with E-state index in [-0.39, 0.29) is 11.5 Å². The number of aryl methyl sites for hydroxylation is 2. The summed E-state index contributed by atoms with van der Waals surface area (Å²) in [5.41, 5.74) is 3.88. The molecule has 0 bridgehead atoms. The Morgan fingerprint density at radius 3 is 2.76 bits per heavy atom. The third-order valence-corrected chi connectivity index (χ3v) is 7.01. The number of unbranched alkanes of at least 4 members (excludes halogenated alkanes) is 1. The summed E-state index contributed by atoms with van der Waals surface area (Å²) in [4.78, 5) is 32.0. The van der Waals surface area contributed by atoms with Crippen molar-refractivity contribution in [1.82, 2.24) is 19.8 Å². The zero-order valence-corrected chi connectivity index (χ0v) is 20.9. The van der Waals surface area contributed by atoms with Gasteiger partial charge in [-0.2, -0.15) is 0 Å². The lowest BCUT2D eigenvalue weighted by Crippen LogP contribution is -2.41. The normalized spacial score (nSPS) is 14.4. The maximum absolute atomic E-state index is 12.9. The van der Waals surface area contributed by atoms with Crippen molar-refractivity contribution in [2.24, 2.45) is 7.05 Å². The molecule has 0 unspecified atom stereocenters. The van der Waals surface area contributed by atoms with E-state index in [4.69, 9.17) is 9.72 Å². The molecule has 0 saturated carbocycles. The molecule has 7 nitrogen and oxygen atoms in total. The predicted molar refractivity (Wildman–Crippen MR) is 133 cm³/mol. The van der Waals surface area contributed by atoms with Gasteiger partial charge in [0.1, 0.15) is 0 Å². The molecule has 0 aliphatic carbocycles. The van der Waals surface area contributed by atoms with Gasteiger partial charge in [-0.25, -0.2) is 4.98 Å². The van der Waals surface area contributed by atoms with Crippen LogP contribution in [0.25, 0.3) is 0 Å². The lowest BCUT2D eigenvalue weighted by atomic mass is 10.0. The van der Waals surface area contributed by atoms with Crippen LogP contribution >= 0.6 is 11.8 Å². The van der Waals surface area contributed by atoms with E-state index < -0.39 is 0 Å². The molecule has 180 valence electrons. The zero-order chi connectivity index (χ0) is 23.6. The molecule has 0 radical (unpaired) electrons. The van der Waals surface area contributed by atoms with Crippen LogP contribution in [-0.4, -0.2) is 65.5 Å². The number of benzene rings is 1. The van der Waals surface area contributed by atoms with Gasteiger partial charge in [-0.1, -0.05) is 41.6 Å². The third-order valence-electron chi connectivity index (χ3n) is 5.90. The van der Waals surface area contributed by atoms with E-state index in [0.717, 1.165) is 73.4 Å². The number of ether oxygens (including phenoxy) is 1. The summed E-state index contributed by atoms with van der Waals surface area (Å²) in [5.74, 6) is 0.938. The molecule has 8 heteroatoms. The summed E-state index contributed by atoms with van der Waals surface area (Å²) in [6.07, 6.45) is 2.86. The summed E-state index contributed by atoms with van der Waals surface area (Å²) >= 11 is 1.58. The van der Waals surface area contributed by atoms with E-state index >= 15 is 0 Å². The minimum absolute atomic E-state index is 0.0196. The van der Waals surface area contributed by atoms with Gasteiger partial charge in [0.2, 0.25) is 5.91 Å². The van der Waals surface area contributed by atoms with Gasteiger partial charge in [0.05, 0.1) is 13.2 Å². The first kappa shape index (κ1) is 25.5. The van der Waals surface area contributed by atoms with Gasteiger partial charge in [-0.15, -0.1) is 0 Å². The molecule has 1 aromatic heterocycles. The first-order valence-electron chi connectivity index (χ1n) is 11.8. The molecule has 1 aliphatic rings. The lowest BCUT2D eigenvalue weighted by Gasteiger charge is -2.26. The number of amides is 1. The van der Waals surface area contributed by atoms with Crippen molar-refractivity contribution < 1.29 is 9.53 Å². The number of rotatable bonds is 11. The van der Waals surface area contributed by atoms with Gasteiger partial charge >= 0.3 is 0 Å². The minimum Gasteiger partial charge on any atom is -0.379 e. The quantitative estimate of drug-likeness (QED) is 0.308. The fourth-order valence-electron chi connectivity index (χ4n) is 3.91. The lowest BCUT2D eigenvalue weighted by molar-refractivity contribution is -0.121. The Morgan fingerprint density at radius 1 is 1.21 bits per heavy atom.